The SMILES string of the molecule is CCC(=O)N1c2ccccc2-c2c(=O)[nH]c(SC)n[n+]2C1c1cc(Br)c(OC)c(Br)c1. The number of ether oxygens (including phenoxy) is 1. The summed E-state index contributed by atoms with van der Waals surface area (Å²) < 4.78 is 8.52. The number of fused-ring (bicyclic) bond motifs is 3. The van der Waals surface area contributed by atoms with Crippen LogP contribution in [0.4, 0.5) is 5.69 Å². The van der Waals surface area contributed by atoms with E-state index in [-0.39, 0.29) is 11.5 Å². The molecule has 3 aromatic rings. The van der Waals surface area contributed by atoms with Crippen molar-refractivity contribution in [3.05, 3.63) is 61.3 Å². The molecule has 1 unspecified atom stereocenters. The average Bonchev–Trinajstić information content (AvgIpc) is 2.76. The van der Waals surface area contributed by atoms with Crippen LogP contribution < -0.4 is 19.9 Å². The Morgan fingerprint density at radius 3 is 2.58 bits per heavy atom. The first-order valence-corrected chi connectivity index (χ1v) is 12.3. The van der Waals surface area contributed by atoms with Crippen LogP contribution in [0, 0.1) is 0 Å². The van der Waals surface area contributed by atoms with Crippen LogP contribution in [0.5, 0.6) is 5.75 Å². The fourth-order valence-corrected chi connectivity index (χ4v) is 5.64. The van der Waals surface area contributed by atoms with Gasteiger partial charge in [-0.2, -0.15) is 0 Å². The van der Waals surface area contributed by atoms with Crippen molar-refractivity contribution in [2.75, 3.05) is 18.3 Å². The third kappa shape index (κ3) is 3.70. The molecule has 10 heteroatoms. The van der Waals surface area contributed by atoms with Crippen LogP contribution in [0.2, 0.25) is 0 Å². The van der Waals surface area contributed by atoms with Gasteiger partial charge in [0.15, 0.2) is 0 Å². The van der Waals surface area contributed by atoms with Gasteiger partial charge in [-0.15, -0.1) is 0 Å². The minimum absolute atomic E-state index is 0.0774. The number of methoxy groups -OCH3 is 1. The number of aromatic nitrogens is 3. The molecule has 0 bridgehead atoms. The Hall–Kier alpha value is -2.17. The Labute approximate surface area is 200 Å². The Morgan fingerprint density at radius 1 is 1.29 bits per heavy atom. The summed E-state index contributed by atoms with van der Waals surface area (Å²) in [5.41, 5.74) is 2.25. The average molecular weight is 567 g/mol. The van der Waals surface area contributed by atoms with Gasteiger partial charge in [-0.1, -0.05) is 30.8 Å². The zero-order valence-corrected chi connectivity index (χ0v) is 21.0. The van der Waals surface area contributed by atoms with Crippen LogP contribution in [-0.2, 0) is 4.79 Å². The molecule has 1 amide bonds. The van der Waals surface area contributed by atoms with Crippen LogP contribution in [0.3, 0.4) is 0 Å². The number of nitrogens with zero attached hydrogens (tertiary/aromatic N) is 3. The third-order valence-electron chi connectivity index (χ3n) is 5.05. The number of aromatic amines is 1. The number of benzene rings is 2. The molecule has 0 radical (unpaired) electrons. The number of thioether (sulfide) groups is 1. The second-order valence-corrected chi connectivity index (χ2v) is 9.29. The van der Waals surface area contributed by atoms with Crippen molar-refractivity contribution < 1.29 is 14.2 Å². The molecule has 4 rings (SSSR count). The number of carbonyl (C=O) groups is 1. The van der Waals surface area contributed by atoms with Crippen LogP contribution in [0.15, 0.2) is 55.3 Å². The van der Waals surface area contributed by atoms with Gasteiger partial charge >= 0.3 is 11.3 Å². The van der Waals surface area contributed by atoms with Crippen molar-refractivity contribution in [1.29, 1.82) is 0 Å². The number of anilines is 1. The molecular weight excluding hydrogens is 548 g/mol. The first-order valence-electron chi connectivity index (χ1n) is 9.45. The van der Waals surface area contributed by atoms with Gasteiger partial charge in [0.25, 0.3) is 6.17 Å². The van der Waals surface area contributed by atoms with Gasteiger partial charge in [-0.3, -0.25) is 14.6 Å². The lowest BCUT2D eigenvalue weighted by atomic mass is 10.0. The molecular formula is C21H19Br2N4O3S+. The molecule has 0 fully saturated rings. The summed E-state index contributed by atoms with van der Waals surface area (Å²) in [5, 5.41) is 5.15. The lowest BCUT2D eigenvalue weighted by molar-refractivity contribution is -0.763. The van der Waals surface area contributed by atoms with Crippen LogP contribution >= 0.6 is 43.6 Å². The standard InChI is InChI=1S/C21H18Br2N4O3S/c1-4-16(28)26-15-8-6-5-7-12(15)17-19(29)24-21(31-3)25-27(17)20(26)11-9-13(22)18(30-2)14(23)10-11/h5-10,20H,4H2,1-3H3/p+1. The summed E-state index contributed by atoms with van der Waals surface area (Å²) >= 11 is 8.44. The number of hydrogen-bond acceptors (Lipinski definition) is 5. The first-order chi connectivity index (χ1) is 14.9. The highest BCUT2D eigenvalue weighted by Gasteiger charge is 2.45. The summed E-state index contributed by atoms with van der Waals surface area (Å²) in [4.78, 5) is 30.8. The summed E-state index contributed by atoms with van der Waals surface area (Å²) in [6, 6.07) is 11.2. The molecule has 0 aliphatic carbocycles. The number of hydrogen-bond donors (Lipinski definition) is 1. The highest BCUT2D eigenvalue weighted by molar-refractivity contribution is 9.11. The predicted octanol–water partition coefficient (Wildman–Crippen LogP) is 4.28. The molecule has 0 spiro atoms. The molecule has 2 aromatic carbocycles. The first kappa shape index (κ1) is 22.0. The van der Waals surface area contributed by atoms with Gasteiger partial charge in [-0.25, -0.2) is 4.90 Å². The van der Waals surface area contributed by atoms with E-state index in [9.17, 15) is 9.59 Å². The normalized spacial score (nSPS) is 14.7. The van der Waals surface area contributed by atoms with Crippen molar-refractivity contribution in [3.8, 4) is 17.0 Å². The molecule has 1 atom stereocenters. The Balaban J connectivity index is 2.09. The van der Waals surface area contributed by atoms with E-state index in [4.69, 9.17) is 4.74 Å². The summed E-state index contributed by atoms with van der Waals surface area (Å²) in [6.45, 7) is 1.82. The second-order valence-electron chi connectivity index (χ2n) is 6.78. The van der Waals surface area contributed by atoms with E-state index in [2.05, 4.69) is 41.9 Å². The van der Waals surface area contributed by atoms with Gasteiger partial charge in [0.05, 0.1) is 27.3 Å². The topological polar surface area (TPSA) is 79.2 Å². The van der Waals surface area contributed by atoms with E-state index >= 15 is 0 Å². The van der Waals surface area contributed by atoms with E-state index in [1.54, 1.807) is 16.7 Å². The molecule has 0 saturated heterocycles. The summed E-state index contributed by atoms with van der Waals surface area (Å²) in [5.74, 6) is 0.564. The van der Waals surface area contributed by atoms with Crippen molar-refractivity contribution in [2.45, 2.75) is 24.7 Å². The van der Waals surface area contributed by atoms with E-state index in [0.29, 0.717) is 34.3 Å². The van der Waals surface area contributed by atoms with Crippen LogP contribution in [0.25, 0.3) is 11.3 Å². The molecule has 1 aliphatic rings. The maximum Gasteiger partial charge on any atom is 0.325 e. The minimum atomic E-state index is -0.649. The number of carbonyl (C=O) groups excluding carboxylic acids is 1. The molecule has 160 valence electrons. The van der Waals surface area contributed by atoms with Gasteiger partial charge in [-0.05, 0) is 67.1 Å². The summed E-state index contributed by atoms with van der Waals surface area (Å²) in [6.07, 6.45) is 1.49. The van der Waals surface area contributed by atoms with Gasteiger partial charge in [0, 0.05) is 17.1 Å². The number of H-pyrrole nitrogens is 1. The van der Waals surface area contributed by atoms with E-state index in [1.807, 2.05) is 49.6 Å². The van der Waals surface area contributed by atoms with Crippen molar-refractivity contribution in [1.82, 2.24) is 10.1 Å². The Kier molecular flexibility index (Phi) is 6.23. The second kappa shape index (κ2) is 8.76. The lowest BCUT2D eigenvalue weighted by Crippen LogP contribution is -2.60. The number of nitrogens with one attached hydrogen (secondary N) is 1. The molecule has 7 nitrogen and oxygen atoms in total. The molecule has 1 aromatic heterocycles. The van der Waals surface area contributed by atoms with Gasteiger partial charge in [0.1, 0.15) is 5.75 Å². The minimum Gasteiger partial charge on any atom is -0.494 e. The van der Waals surface area contributed by atoms with Crippen molar-refractivity contribution in [2.24, 2.45) is 0 Å². The van der Waals surface area contributed by atoms with Crippen LogP contribution in [0.1, 0.15) is 25.1 Å². The molecule has 2 heterocycles. The maximum atomic E-state index is 13.2. The van der Waals surface area contributed by atoms with E-state index in [0.717, 1.165) is 14.5 Å². The highest BCUT2D eigenvalue weighted by Crippen LogP contribution is 2.41. The van der Waals surface area contributed by atoms with Gasteiger partial charge < -0.3 is 4.74 Å². The Morgan fingerprint density at radius 2 is 1.97 bits per heavy atom. The zero-order chi connectivity index (χ0) is 22.3. The lowest BCUT2D eigenvalue weighted by Gasteiger charge is -2.32. The fraction of sp³-hybridized carbons (Fsp3) is 0.238. The summed E-state index contributed by atoms with van der Waals surface area (Å²) in [7, 11) is 1.59. The van der Waals surface area contributed by atoms with Crippen molar-refractivity contribution in [3.63, 3.8) is 0 Å². The largest absolute Gasteiger partial charge is 0.494 e. The third-order valence-corrected chi connectivity index (χ3v) is 6.79. The quantitative estimate of drug-likeness (QED) is 0.376. The van der Waals surface area contributed by atoms with E-state index in [1.165, 1.54) is 11.8 Å². The fourth-order valence-electron chi connectivity index (χ4n) is 3.73. The molecule has 31 heavy (non-hydrogen) atoms. The molecule has 0 saturated carbocycles. The number of halogens is 2. The number of rotatable bonds is 4. The van der Waals surface area contributed by atoms with E-state index < -0.39 is 6.17 Å². The van der Waals surface area contributed by atoms with Crippen molar-refractivity contribution >= 4 is 55.2 Å². The molecule has 1 N–H and O–H groups in total. The van der Waals surface area contributed by atoms with Gasteiger partial charge in [0.2, 0.25) is 11.1 Å². The Bertz CT molecular complexity index is 1220. The smallest absolute Gasteiger partial charge is 0.325 e. The number of para-hydroxylation sites is 1. The molecule has 1 aliphatic heterocycles. The monoisotopic (exact) mass is 565 g/mol. The highest BCUT2D eigenvalue weighted by atomic mass is 79.9. The predicted molar refractivity (Wildman–Crippen MR) is 127 cm³/mol. The number of amides is 1. The maximum absolute atomic E-state index is 13.2. The van der Waals surface area contributed by atoms with Crippen LogP contribution in [-0.4, -0.2) is 29.4 Å². The zero-order valence-electron chi connectivity index (χ0n) is 17.0.